The molecule has 1 aliphatic rings. The van der Waals surface area contributed by atoms with Crippen LogP contribution in [-0.2, 0) is 11.2 Å². The van der Waals surface area contributed by atoms with Crippen LogP contribution in [0.1, 0.15) is 45.6 Å². The number of nitrogens with one attached hydrogen (secondary N) is 1. The Morgan fingerprint density at radius 1 is 1.33 bits per heavy atom. The summed E-state index contributed by atoms with van der Waals surface area (Å²) in [6.45, 7) is 7.29. The Morgan fingerprint density at radius 2 is 2.00 bits per heavy atom. The second kappa shape index (κ2) is 6.50. The van der Waals surface area contributed by atoms with Gasteiger partial charge >= 0.3 is 0 Å². The van der Waals surface area contributed by atoms with Crippen LogP contribution in [0.3, 0.4) is 0 Å². The number of phenolic OH excluding ortho intramolecular Hbond substituents is 1. The first-order chi connectivity index (χ1) is 9.90. The molecule has 3 heteroatoms. The number of benzene rings is 1. The first kappa shape index (κ1) is 15.9. The quantitative estimate of drug-likeness (QED) is 0.891. The summed E-state index contributed by atoms with van der Waals surface area (Å²) in [5, 5.41) is 12.4. The van der Waals surface area contributed by atoms with Crippen molar-refractivity contribution < 1.29 is 9.90 Å². The molecule has 3 nitrogen and oxygen atoms in total. The highest BCUT2D eigenvalue weighted by Gasteiger charge is 2.41. The molecule has 0 spiro atoms. The molecule has 1 aromatic rings. The average molecular weight is 289 g/mol. The highest BCUT2D eigenvalue weighted by atomic mass is 16.3. The number of carbonyl (C=O) groups is 1. The van der Waals surface area contributed by atoms with Gasteiger partial charge in [-0.1, -0.05) is 39.3 Å². The van der Waals surface area contributed by atoms with E-state index in [0.29, 0.717) is 12.5 Å². The smallest absolute Gasteiger partial charge is 0.223 e. The van der Waals surface area contributed by atoms with Gasteiger partial charge in [0.25, 0.3) is 0 Å². The molecule has 1 amide bonds. The molecule has 21 heavy (non-hydrogen) atoms. The van der Waals surface area contributed by atoms with Crippen LogP contribution in [0, 0.1) is 17.3 Å². The number of carbonyl (C=O) groups excluding carboxylic acids is 1. The molecule has 0 bridgehead atoms. The minimum atomic E-state index is 0.0975. The molecule has 0 heterocycles. The van der Waals surface area contributed by atoms with Crippen molar-refractivity contribution in [1.82, 2.24) is 5.32 Å². The number of aromatic hydroxyl groups is 1. The van der Waals surface area contributed by atoms with Gasteiger partial charge in [0.15, 0.2) is 0 Å². The molecule has 0 radical (unpaired) electrons. The summed E-state index contributed by atoms with van der Waals surface area (Å²) in [6, 6.07) is 7.16. The average Bonchev–Trinajstić information content (AvgIpc) is 2.40. The van der Waals surface area contributed by atoms with E-state index < -0.39 is 0 Å². The Balaban J connectivity index is 1.87. The van der Waals surface area contributed by atoms with Crippen LogP contribution in [0.5, 0.6) is 5.75 Å². The molecule has 1 fully saturated rings. The first-order valence-corrected chi connectivity index (χ1v) is 7.96. The number of rotatable bonds is 4. The van der Waals surface area contributed by atoms with Gasteiger partial charge in [0.1, 0.15) is 5.75 Å². The zero-order valence-electron chi connectivity index (χ0n) is 13.4. The molecule has 0 saturated heterocycles. The predicted molar refractivity (Wildman–Crippen MR) is 85.1 cm³/mol. The Kier molecular flexibility index (Phi) is 4.92. The van der Waals surface area contributed by atoms with Gasteiger partial charge in [-0.3, -0.25) is 4.79 Å². The second-order valence-corrected chi connectivity index (χ2v) is 7.04. The van der Waals surface area contributed by atoms with Crippen LogP contribution in [0.15, 0.2) is 24.3 Å². The van der Waals surface area contributed by atoms with Gasteiger partial charge in [0.2, 0.25) is 5.91 Å². The molecular weight excluding hydrogens is 262 g/mol. The maximum atomic E-state index is 12.5. The van der Waals surface area contributed by atoms with E-state index >= 15 is 0 Å². The molecule has 1 saturated carbocycles. The lowest BCUT2D eigenvalue weighted by Crippen LogP contribution is -2.45. The minimum Gasteiger partial charge on any atom is -0.508 e. The van der Waals surface area contributed by atoms with Gasteiger partial charge < -0.3 is 10.4 Å². The maximum Gasteiger partial charge on any atom is 0.223 e. The van der Waals surface area contributed by atoms with E-state index in [4.69, 9.17) is 0 Å². The van der Waals surface area contributed by atoms with Crippen LogP contribution in [0.2, 0.25) is 0 Å². The van der Waals surface area contributed by atoms with Crippen LogP contribution < -0.4 is 5.32 Å². The largest absolute Gasteiger partial charge is 0.508 e. The van der Waals surface area contributed by atoms with Crippen molar-refractivity contribution in [2.75, 3.05) is 6.54 Å². The fraction of sp³-hybridized carbons (Fsp3) is 0.611. The third-order valence-electron chi connectivity index (χ3n) is 4.82. The summed E-state index contributed by atoms with van der Waals surface area (Å²) in [6.07, 6.45) is 4.31. The van der Waals surface area contributed by atoms with Crippen molar-refractivity contribution in [2.24, 2.45) is 17.3 Å². The Labute approximate surface area is 127 Å². The molecule has 2 unspecified atom stereocenters. The van der Waals surface area contributed by atoms with E-state index in [2.05, 4.69) is 26.1 Å². The molecule has 2 atom stereocenters. The van der Waals surface area contributed by atoms with Gasteiger partial charge in [0.05, 0.1) is 0 Å². The number of hydrogen-bond donors (Lipinski definition) is 2. The summed E-state index contributed by atoms with van der Waals surface area (Å²) in [5.74, 6) is 1.06. The molecule has 116 valence electrons. The third kappa shape index (κ3) is 3.99. The van der Waals surface area contributed by atoms with E-state index in [1.807, 2.05) is 12.1 Å². The Morgan fingerprint density at radius 3 is 2.62 bits per heavy atom. The van der Waals surface area contributed by atoms with Gasteiger partial charge in [-0.05, 0) is 48.3 Å². The van der Waals surface area contributed by atoms with Crippen molar-refractivity contribution in [2.45, 2.75) is 46.5 Å². The van der Waals surface area contributed by atoms with E-state index in [-0.39, 0.29) is 23.0 Å². The van der Waals surface area contributed by atoms with Gasteiger partial charge in [0, 0.05) is 12.5 Å². The number of amides is 1. The molecule has 2 N–H and O–H groups in total. The Bertz CT molecular complexity index is 478. The fourth-order valence-corrected chi connectivity index (χ4v) is 3.69. The van der Waals surface area contributed by atoms with Gasteiger partial charge in [-0.25, -0.2) is 0 Å². The summed E-state index contributed by atoms with van der Waals surface area (Å²) >= 11 is 0. The monoisotopic (exact) mass is 289 g/mol. The highest BCUT2D eigenvalue weighted by molar-refractivity contribution is 5.79. The normalized spacial score (nSPS) is 24.5. The fourth-order valence-electron chi connectivity index (χ4n) is 3.69. The highest BCUT2D eigenvalue weighted by Crippen LogP contribution is 2.43. The van der Waals surface area contributed by atoms with Crippen LogP contribution >= 0.6 is 0 Å². The standard InChI is InChI=1S/C18H27NO2/c1-13-5-4-11-18(2,3)16(13)17(21)19-12-10-14-6-8-15(20)9-7-14/h6-9,13,16,20H,4-5,10-12H2,1-3H3,(H,19,21). The summed E-state index contributed by atoms with van der Waals surface area (Å²) in [7, 11) is 0. The number of phenols is 1. The topological polar surface area (TPSA) is 49.3 Å². The molecule has 0 aliphatic heterocycles. The lowest BCUT2D eigenvalue weighted by atomic mass is 9.64. The van der Waals surface area contributed by atoms with E-state index in [1.54, 1.807) is 12.1 Å². The third-order valence-corrected chi connectivity index (χ3v) is 4.82. The van der Waals surface area contributed by atoms with E-state index in [1.165, 1.54) is 6.42 Å². The van der Waals surface area contributed by atoms with Gasteiger partial charge in [-0.15, -0.1) is 0 Å². The lowest BCUT2D eigenvalue weighted by Gasteiger charge is -2.41. The van der Waals surface area contributed by atoms with Crippen LogP contribution in [-0.4, -0.2) is 17.6 Å². The Hall–Kier alpha value is -1.51. The molecule has 0 aromatic heterocycles. The van der Waals surface area contributed by atoms with E-state index in [0.717, 1.165) is 24.8 Å². The lowest BCUT2D eigenvalue weighted by molar-refractivity contribution is -0.132. The van der Waals surface area contributed by atoms with Crippen molar-refractivity contribution in [1.29, 1.82) is 0 Å². The summed E-state index contributed by atoms with van der Waals surface area (Å²) < 4.78 is 0. The molecular formula is C18H27NO2. The molecule has 1 aliphatic carbocycles. The SMILES string of the molecule is CC1CCCC(C)(C)C1C(=O)NCCc1ccc(O)cc1. The predicted octanol–water partition coefficient (Wildman–Crippen LogP) is 3.51. The van der Waals surface area contributed by atoms with Crippen LogP contribution in [0.25, 0.3) is 0 Å². The van der Waals surface area contributed by atoms with Gasteiger partial charge in [-0.2, -0.15) is 0 Å². The molecule has 2 rings (SSSR count). The zero-order valence-corrected chi connectivity index (χ0v) is 13.4. The van der Waals surface area contributed by atoms with E-state index in [9.17, 15) is 9.90 Å². The number of hydrogen-bond acceptors (Lipinski definition) is 2. The van der Waals surface area contributed by atoms with Crippen LogP contribution in [0.4, 0.5) is 0 Å². The summed E-state index contributed by atoms with van der Waals surface area (Å²) in [4.78, 5) is 12.5. The summed E-state index contributed by atoms with van der Waals surface area (Å²) in [5.41, 5.74) is 1.23. The maximum absolute atomic E-state index is 12.5. The van der Waals surface area contributed by atoms with Crippen molar-refractivity contribution in [3.05, 3.63) is 29.8 Å². The zero-order chi connectivity index (χ0) is 15.5. The van der Waals surface area contributed by atoms with Crippen molar-refractivity contribution in [3.63, 3.8) is 0 Å². The van der Waals surface area contributed by atoms with Crippen molar-refractivity contribution in [3.8, 4) is 5.75 Å². The minimum absolute atomic E-state index is 0.0975. The second-order valence-electron chi connectivity index (χ2n) is 7.04. The first-order valence-electron chi connectivity index (χ1n) is 7.96. The molecule has 1 aromatic carbocycles. The van der Waals surface area contributed by atoms with Crippen molar-refractivity contribution >= 4 is 5.91 Å².